The van der Waals surface area contributed by atoms with E-state index in [1.165, 1.54) is 0 Å². The molecular formula is C16H20N2O3. The van der Waals surface area contributed by atoms with E-state index in [9.17, 15) is 9.59 Å². The third-order valence-corrected chi connectivity index (χ3v) is 2.88. The number of carbonyl (C=O) groups excluding carboxylic acids is 2. The fraction of sp³-hybridized carbons (Fsp3) is 0.375. The van der Waals surface area contributed by atoms with Gasteiger partial charge in [-0.15, -0.1) is 0 Å². The van der Waals surface area contributed by atoms with E-state index >= 15 is 0 Å². The van der Waals surface area contributed by atoms with Crippen LogP contribution in [-0.2, 0) is 20.7 Å². The Bertz CT molecular complexity index is 653. The van der Waals surface area contributed by atoms with Crippen LogP contribution in [0.3, 0.4) is 0 Å². The van der Waals surface area contributed by atoms with E-state index in [0.717, 1.165) is 16.5 Å². The second kappa shape index (κ2) is 5.99. The zero-order valence-electron chi connectivity index (χ0n) is 12.5. The maximum Gasteiger partial charge on any atom is 0.325 e. The summed E-state index contributed by atoms with van der Waals surface area (Å²) in [6.07, 6.45) is 2.05. The summed E-state index contributed by atoms with van der Waals surface area (Å²) in [5.41, 5.74) is 1.36. The summed E-state index contributed by atoms with van der Waals surface area (Å²) >= 11 is 0. The van der Waals surface area contributed by atoms with Gasteiger partial charge < -0.3 is 15.0 Å². The second-order valence-electron chi connectivity index (χ2n) is 5.90. The molecule has 112 valence electrons. The van der Waals surface area contributed by atoms with Crippen LogP contribution >= 0.6 is 0 Å². The van der Waals surface area contributed by atoms with Crippen molar-refractivity contribution in [2.75, 3.05) is 6.54 Å². The van der Waals surface area contributed by atoms with Crippen molar-refractivity contribution in [1.82, 2.24) is 10.3 Å². The van der Waals surface area contributed by atoms with Crippen LogP contribution in [0.5, 0.6) is 0 Å². The molecule has 0 aliphatic rings. The molecule has 0 atom stereocenters. The second-order valence-corrected chi connectivity index (χ2v) is 5.90. The van der Waals surface area contributed by atoms with Crippen molar-refractivity contribution in [1.29, 1.82) is 0 Å². The minimum Gasteiger partial charge on any atom is -0.459 e. The Morgan fingerprint density at radius 3 is 2.67 bits per heavy atom. The Balaban J connectivity index is 1.89. The number of rotatable bonds is 4. The number of aromatic nitrogens is 1. The van der Waals surface area contributed by atoms with Crippen LogP contribution < -0.4 is 5.32 Å². The van der Waals surface area contributed by atoms with E-state index in [2.05, 4.69) is 10.3 Å². The van der Waals surface area contributed by atoms with E-state index in [1.807, 2.05) is 30.5 Å². The Morgan fingerprint density at radius 2 is 1.95 bits per heavy atom. The Labute approximate surface area is 123 Å². The first-order chi connectivity index (χ1) is 9.85. The lowest BCUT2D eigenvalue weighted by Crippen LogP contribution is -2.35. The molecule has 0 spiro atoms. The van der Waals surface area contributed by atoms with E-state index in [1.54, 1.807) is 20.8 Å². The van der Waals surface area contributed by atoms with Gasteiger partial charge in [-0.25, -0.2) is 0 Å². The maximum atomic E-state index is 11.9. The van der Waals surface area contributed by atoms with Gasteiger partial charge in [-0.2, -0.15) is 0 Å². The number of hydrogen-bond donors (Lipinski definition) is 2. The molecule has 0 aliphatic heterocycles. The van der Waals surface area contributed by atoms with Gasteiger partial charge in [-0.1, -0.05) is 18.2 Å². The first-order valence-electron chi connectivity index (χ1n) is 6.89. The number of nitrogens with one attached hydrogen (secondary N) is 2. The first kappa shape index (κ1) is 15.1. The fourth-order valence-corrected chi connectivity index (χ4v) is 2.06. The number of H-pyrrole nitrogens is 1. The lowest BCUT2D eigenvalue weighted by atomic mass is 10.1. The van der Waals surface area contributed by atoms with Crippen molar-refractivity contribution in [2.45, 2.75) is 32.8 Å². The van der Waals surface area contributed by atoms with Crippen LogP contribution in [0.15, 0.2) is 30.5 Å². The van der Waals surface area contributed by atoms with Gasteiger partial charge in [0.25, 0.3) is 0 Å². The largest absolute Gasteiger partial charge is 0.459 e. The monoisotopic (exact) mass is 288 g/mol. The van der Waals surface area contributed by atoms with Gasteiger partial charge >= 0.3 is 5.97 Å². The Morgan fingerprint density at radius 1 is 1.24 bits per heavy atom. The number of aromatic amines is 1. The summed E-state index contributed by atoms with van der Waals surface area (Å²) in [6, 6.07) is 7.78. The number of para-hydroxylation sites is 1. The molecule has 1 aromatic heterocycles. The van der Waals surface area contributed by atoms with Crippen molar-refractivity contribution < 1.29 is 14.3 Å². The molecule has 0 fully saturated rings. The molecule has 0 radical (unpaired) electrons. The summed E-state index contributed by atoms with van der Waals surface area (Å²) in [4.78, 5) is 26.5. The average molecular weight is 288 g/mol. The number of fused-ring (bicyclic) bond motifs is 1. The van der Waals surface area contributed by atoms with Crippen molar-refractivity contribution >= 4 is 22.8 Å². The molecule has 2 N–H and O–H groups in total. The molecular weight excluding hydrogens is 268 g/mol. The van der Waals surface area contributed by atoms with Crippen LogP contribution in [0.25, 0.3) is 10.9 Å². The van der Waals surface area contributed by atoms with Gasteiger partial charge in [-0.05, 0) is 32.4 Å². The van der Waals surface area contributed by atoms with Gasteiger partial charge in [0.1, 0.15) is 12.1 Å². The zero-order chi connectivity index (χ0) is 15.5. The highest BCUT2D eigenvalue weighted by atomic mass is 16.6. The zero-order valence-corrected chi connectivity index (χ0v) is 12.5. The smallest absolute Gasteiger partial charge is 0.325 e. The lowest BCUT2D eigenvalue weighted by Gasteiger charge is -2.19. The average Bonchev–Trinajstić information content (AvgIpc) is 2.78. The summed E-state index contributed by atoms with van der Waals surface area (Å²) in [7, 11) is 0. The molecule has 0 unspecified atom stereocenters. The highest BCUT2D eigenvalue weighted by Gasteiger charge is 2.17. The standard InChI is InChI=1S/C16H20N2O3/c1-16(2,3)21-15(20)10-18-14(19)8-11-9-17-13-7-5-4-6-12(11)13/h4-7,9,17H,8,10H2,1-3H3,(H,18,19). The van der Waals surface area contributed by atoms with Gasteiger partial charge in [0.05, 0.1) is 6.42 Å². The molecule has 0 bridgehead atoms. The van der Waals surface area contributed by atoms with Crippen molar-refractivity contribution in [2.24, 2.45) is 0 Å². The van der Waals surface area contributed by atoms with Crippen molar-refractivity contribution in [3.8, 4) is 0 Å². The van der Waals surface area contributed by atoms with Gasteiger partial charge in [0.15, 0.2) is 0 Å². The Hall–Kier alpha value is -2.30. The molecule has 2 aromatic rings. The van der Waals surface area contributed by atoms with Crippen molar-refractivity contribution in [3.63, 3.8) is 0 Å². The van der Waals surface area contributed by atoms with Gasteiger partial charge in [-0.3, -0.25) is 9.59 Å². The number of hydrogen-bond acceptors (Lipinski definition) is 3. The van der Waals surface area contributed by atoms with Crippen LogP contribution in [0, 0.1) is 0 Å². The van der Waals surface area contributed by atoms with Crippen LogP contribution in [0.4, 0.5) is 0 Å². The summed E-state index contributed by atoms with van der Waals surface area (Å²) in [5.74, 6) is -0.639. The SMILES string of the molecule is CC(C)(C)OC(=O)CNC(=O)Cc1c[nH]c2ccccc12. The van der Waals surface area contributed by atoms with Crippen LogP contribution in [0.2, 0.25) is 0 Å². The highest BCUT2D eigenvalue weighted by Crippen LogP contribution is 2.17. The molecule has 2 rings (SSSR count). The topological polar surface area (TPSA) is 71.2 Å². The minimum absolute atomic E-state index is 0.113. The predicted molar refractivity (Wildman–Crippen MR) is 80.9 cm³/mol. The quantitative estimate of drug-likeness (QED) is 0.847. The number of amides is 1. The first-order valence-corrected chi connectivity index (χ1v) is 6.89. The summed E-state index contributed by atoms with van der Waals surface area (Å²) in [5, 5.41) is 3.60. The highest BCUT2D eigenvalue weighted by molar-refractivity contribution is 5.90. The molecule has 1 heterocycles. The lowest BCUT2D eigenvalue weighted by molar-refractivity contribution is -0.154. The molecule has 1 aromatic carbocycles. The van der Waals surface area contributed by atoms with Crippen LogP contribution in [0.1, 0.15) is 26.3 Å². The Kier molecular flexibility index (Phi) is 4.31. The molecule has 0 saturated carbocycles. The number of ether oxygens (including phenoxy) is 1. The van der Waals surface area contributed by atoms with Gasteiger partial charge in [0, 0.05) is 17.1 Å². The molecule has 5 nitrogen and oxygen atoms in total. The molecule has 0 saturated heterocycles. The molecule has 0 aliphatic carbocycles. The minimum atomic E-state index is -0.543. The summed E-state index contributed by atoms with van der Waals surface area (Å²) in [6.45, 7) is 5.26. The fourth-order valence-electron chi connectivity index (χ4n) is 2.06. The summed E-state index contributed by atoms with van der Waals surface area (Å²) < 4.78 is 5.13. The normalized spacial score (nSPS) is 11.4. The molecule has 5 heteroatoms. The number of esters is 1. The predicted octanol–water partition coefficient (Wildman–Crippen LogP) is 2.17. The van der Waals surface area contributed by atoms with E-state index in [0.29, 0.717) is 0 Å². The third-order valence-electron chi connectivity index (χ3n) is 2.88. The molecule has 1 amide bonds. The molecule has 21 heavy (non-hydrogen) atoms. The van der Waals surface area contributed by atoms with E-state index < -0.39 is 11.6 Å². The van der Waals surface area contributed by atoms with Gasteiger partial charge in [0.2, 0.25) is 5.91 Å². The van der Waals surface area contributed by atoms with Crippen LogP contribution in [-0.4, -0.2) is 29.0 Å². The maximum absolute atomic E-state index is 11.9. The number of benzene rings is 1. The van der Waals surface area contributed by atoms with E-state index in [4.69, 9.17) is 4.74 Å². The number of carbonyl (C=O) groups is 2. The third kappa shape index (κ3) is 4.34. The van der Waals surface area contributed by atoms with E-state index in [-0.39, 0.29) is 18.9 Å². The van der Waals surface area contributed by atoms with Crippen molar-refractivity contribution in [3.05, 3.63) is 36.0 Å².